The van der Waals surface area contributed by atoms with Crippen molar-refractivity contribution < 1.29 is 0 Å². The van der Waals surface area contributed by atoms with Crippen molar-refractivity contribution in [3.8, 4) is 0 Å². The van der Waals surface area contributed by atoms with Crippen LogP contribution in [0.2, 0.25) is 10.4 Å². The molecule has 3 nitrogen and oxygen atoms in total. The van der Waals surface area contributed by atoms with Gasteiger partial charge in [-0.2, -0.15) is 0 Å². The molecule has 2 aromatic heterocycles. The Kier molecular flexibility index (Phi) is 1.47. The average molecular weight is 188 g/mol. The summed E-state index contributed by atoms with van der Waals surface area (Å²) >= 11 is 11.4. The summed E-state index contributed by atoms with van der Waals surface area (Å²) in [5.74, 6) is 0. The maximum absolute atomic E-state index is 5.72. The second-order valence-corrected chi connectivity index (χ2v) is 2.70. The Morgan fingerprint density at radius 1 is 1.36 bits per heavy atom. The van der Waals surface area contributed by atoms with Crippen LogP contribution >= 0.6 is 23.2 Å². The molecule has 0 aliphatic rings. The van der Waals surface area contributed by atoms with Crippen molar-refractivity contribution in [3.05, 3.63) is 29.0 Å². The first-order valence-electron chi connectivity index (χ1n) is 2.92. The molecule has 56 valence electrons. The van der Waals surface area contributed by atoms with Crippen LogP contribution in [0.1, 0.15) is 0 Å². The minimum Gasteiger partial charge on any atom is -0.286 e. The van der Waals surface area contributed by atoms with Crippen LogP contribution in [0.15, 0.2) is 18.6 Å². The van der Waals surface area contributed by atoms with Crippen LogP contribution in [0.25, 0.3) is 5.52 Å². The van der Waals surface area contributed by atoms with Gasteiger partial charge in [0.25, 0.3) is 0 Å². The molecular formula is C6H3Cl2N3. The first-order valence-corrected chi connectivity index (χ1v) is 3.67. The number of fused-ring (bicyclic) bond motifs is 1. The van der Waals surface area contributed by atoms with Crippen molar-refractivity contribution in [1.29, 1.82) is 0 Å². The first-order chi connectivity index (χ1) is 5.29. The summed E-state index contributed by atoms with van der Waals surface area (Å²) in [6.07, 6.45) is 4.94. The largest absolute Gasteiger partial charge is 0.286 e. The van der Waals surface area contributed by atoms with E-state index < -0.39 is 0 Å². The number of imidazole rings is 1. The third-order valence-corrected chi connectivity index (χ3v) is 1.90. The van der Waals surface area contributed by atoms with Gasteiger partial charge in [0.2, 0.25) is 5.28 Å². The molecule has 0 fully saturated rings. The minimum absolute atomic E-state index is 0.354. The Hall–Kier alpha value is -0.800. The molecule has 2 rings (SSSR count). The van der Waals surface area contributed by atoms with Gasteiger partial charge in [0, 0.05) is 12.4 Å². The van der Waals surface area contributed by atoms with Gasteiger partial charge < -0.3 is 0 Å². The molecule has 0 radical (unpaired) electrons. The summed E-state index contributed by atoms with van der Waals surface area (Å²) in [6.45, 7) is 0. The summed E-state index contributed by atoms with van der Waals surface area (Å²) < 4.78 is 1.66. The highest BCUT2D eigenvalue weighted by molar-refractivity contribution is 6.35. The van der Waals surface area contributed by atoms with Gasteiger partial charge in [-0.05, 0) is 11.6 Å². The van der Waals surface area contributed by atoms with Gasteiger partial charge in [0.15, 0.2) is 5.15 Å². The molecule has 0 saturated carbocycles. The van der Waals surface area contributed by atoms with Gasteiger partial charge >= 0.3 is 0 Å². The Bertz CT molecular complexity index is 360. The van der Waals surface area contributed by atoms with Gasteiger partial charge in [0.1, 0.15) is 5.52 Å². The molecule has 0 saturated heterocycles. The fraction of sp³-hybridized carbons (Fsp3) is 0. The fourth-order valence-corrected chi connectivity index (χ4v) is 1.36. The molecule has 5 heteroatoms. The lowest BCUT2D eigenvalue weighted by atomic mass is 10.6. The highest BCUT2D eigenvalue weighted by atomic mass is 35.5. The monoisotopic (exact) mass is 187 g/mol. The summed E-state index contributed by atoms with van der Waals surface area (Å²) in [7, 11) is 0. The Morgan fingerprint density at radius 3 is 2.91 bits per heavy atom. The molecule has 0 unspecified atom stereocenters. The van der Waals surface area contributed by atoms with Crippen LogP contribution in [0.4, 0.5) is 0 Å². The standard InChI is InChI=1S/C6H3Cl2N3/c7-5-4-3-9-1-2-11(4)6(8)10-5/h1-3H. The van der Waals surface area contributed by atoms with E-state index in [1.807, 2.05) is 0 Å². The molecule has 0 atom stereocenters. The lowest BCUT2D eigenvalue weighted by Crippen LogP contribution is -1.82. The molecule has 2 aromatic rings. The molecule has 0 N–H and O–H groups in total. The first kappa shape index (κ1) is 6.88. The third-order valence-electron chi connectivity index (χ3n) is 1.36. The summed E-state index contributed by atoms with van der Waals surface area (Å²) in [5.41, 5.74) is 0.721. The molecular weight excluding hydrogens is 185 g/mol. The molecule has 2 heterocycles. The molecule has 0 aromatic carbocycles. The highest BCUT2D eigenvalue weighted by Crippen LogP contribution is 2.19. The average Bonchev–Trinajstić information content (AvgIpc) is 2.30. The summed E-state index contributed by atoms with van der Waals surface area (Å²) in [5, 5.41) is 0.732. The molecule has 0 bridgehead atoms. The minimum atomic E-state index is 0.354. The zero-order valence-electron chi connectivity index (χ0n) is 5.33. The van der Waals surface area contributed by atoms with Gasteiger partial charge in [-0.15, -0.1) is 0 Å². The Morgan fingerprint density at radius 2 is 2.18 bits per heavy atom. The van der Waals surface area contributed by atoms with Gasteiger partial charge in [-0.3, -0.25) is 9.38 Å². The van der Waals surface area contributed by atoms with Crippen molar-refractivity contribution in [3.63, 3.8) is 0 Å². The number of halogens is 2. The molecule has 11 heavy (non-hydrogen) atoms. The van der Waals surface area contributed by atoms with E-state index in [0.717, 1.165) is 5.52 Å². The second-order valence-electron chi connectivity index (χ2n) is 2.00. The highest BCUT2D eigenvalue weighted by Gasteiger charge is 2.04. The van der Waals surface area contributed by atoms with E-state index >= 15 is 0 Å². The van der Waals surface area contributed by atoms with E-state index in [4.69, 9.17) is 23.2 Å². The lowest BCUT2D eigenvalue weighted by molar-refractivity contribution is 1.12. The Labute approximate surface area is 72.6 Å². The maximum atomic E-state index is 5.72. The zero-order chi connectivity index (χ0) is 7.84. The predicted molar refractivity (Wildman–Crippen MR) is 43.0 cm³/mol. The van der Waals surface area contributed by atoms with E-state index in [-0.39, 0.29) is 0 Å². The number of aromatic nitrogens is 3. The van der Waals surface area contributed by atoms with Crippen LogP contribution in [0.5, 0.6) is 0 Å². The van der Waals surface area contributed by atoms with Crippen molar-refractivity contribution in [2.45, 2.75) is 0 Å². The normalized spacial score (nSPS) is 10.7. The van der Waals surface area contributed by atoms with Crippen LogP contribution in [0, 0.1) is 0 Å². The van der Waals surface area contributed by atoms with E-state index in [0.29, 0.717) is 10.4 Å². The van der Waals surface area contributed by atoms with Crippen molar-refractivity contribution >= 4 is 28.7 Å². The second kappa shape index (κ2) is 2.36. The van der Waals surface area contributed by atoms with Crippen molar-refractivity contribution in [2.24, 2.45) is 0 Å². The fourth-order valence-electron chi connectivity index (χ4n) is 0.867. The predicted octanol–water partition coefficient (Wildman–Crippen LogP) is 2.04. The van der Waals surface area contributed by atoms with Crippen LogP contribution in [-0.4, -0.2) is 14.4 Å². The summed E-state index contributed by atoms with van der Waals surface area (Å²) in [4.78, 5) is 7.73. The summed E-state index contributed by atoms with van der Waals surface area (Å²) in [6, 6.07) is 0. The number of rotatable bonds is 0. The van der Waals surface area contributed by atoms with E-state index in [9.17, 15) is 0 Å². The number of hydrogen-bond acceptors (Lipinski definition) is 2. The Balaban J connectivity index is 2.95. The molecule has 0 aliphatic carbocycles. The topological polar surface area (TPSA) is 30.2 Å². The van der Waals surface area contributed by atoms with Gasteiger partial charge in [-0.25, -0.2) is 4.98 Å². The smallest absolute Gasteiger partial charge is 0.208 e. The lowest BCUT2D eigenvalue weighted by Gasteiger charge is -1.90. The van der Waals surface area contributed by atoms with Gasteiger partial charge in [0.05, 0.1) is 6.20 Å². The zero-order valence-corrected chi connectivity index (χ0v) is 6.84. The number of hydrogen-bond donors (Lipinski definition) is 0. The number of nitrogens with zero attached hydrogens (tertiary/aromatic N) is 3. The van der Waals surface area contributed by atoms with Crippen LogP contribution in [0.3, 0.4) is 0 Å². The van der Waals surface area contributed by atoms with E-state index in [1.54, 1.807) is 23.0 Å². The van der Waals surface area contributed by atoms with Crippen molar-refractivity contribution in [2.75, 3.05) is 0 Å². The van der Waals surface area contributed by atoms with Crippen LogP contribution in [-0.2, 0) is 0 Å². The molecule has 0 amide bonds. The van der Waals surface area contributed by atoms with E-state index in [1.165, 1.54) is 0 Å². The SMILES string of the molecule is Clc1nc(Cl)n2ccncc12. The third kappa shape index (κ3) is 0.968. The quantitative estimate of drug-likeness (QED) is 0.633. The maximum Gasteiger partial charge on any atom is 0.208 e. The molecule has 0 spiro atoms. The van der Waals surface area contributed by atoms with Gasteiger partial charge in [-0.1, -0.05) is 11.6 Å². The van der Waals surface area contributed by atoms with Crippen molar-refractivity contribution in [1.82, 2.24) is 14.4 Å². The van der Waals surface area contributed by atoms with E-state index in [2.05, 4.69) is 9.97 Å². The molecule has 0 aliphatic heterocycles. The van der Waals surface area contributed by atoms with Crippen LogP contribution < -0.4 is 0 Å².